The number of ether oxygens (including phenoxy) is 1. The van der Waals surface area contributed by atoms with Crippen molar-refractivity contribution in [3.8, 4) is 5.75 Å². The lowest BCUT2D eigenvalue weighted by Crippen LogP contribution is -2.48. The smallest absolute Gasteiger partial charge is 0.455 e. The standard InChI is InChI=1S/C12H13ClF5NO/c1-3-19-10(11(14,15)12(16,17)18)7-4-5-9(20-2)8(13)6-7/h4-6,10,19H,3H2,1-2H3. The maximum Gasteiger partial charge on any atom is 0.455 e. The van der Waals surface area contributed by atoms with Crippen molar-refractivity contribution in [1.29, 1.82) is 0 Å². The van der Waals surface area contributed by atoms with Gasteiger partial charge in [-0.05, 0) is 24.2 Å². The van der Waals surface area contributed by atoms with E-state index in [9.17, 15) is 22.0 Å². The molecule has 2 nitrogen and oxygen atoms in total. The van der Waals surface area contributed by atoms with E-state index in [2.05, 4.69) is 5.32 Å². The molecule has 0 amide bonds. The van der Waals surface area contributed by atoms with Crippen molar-refractivity contribution in [2.24, 2.45) is 0 Å². The van der Waals surface area contributed by atoms with E-state index in [1.54, 1.807) is 0 Å². The number of rotatable bonds is 5. The summed E-state index contributed by atoms with van der Waals surface area (Å²) < 4.78 is 69.3. The molecule has 1 N–H and O–H groups in total. The molecule has 1 rings (SSSR count). The van der Waals surface area contributed by atoms with E-state index in [0.717, 1.165) is 12.1 Å². The predicted octanol–water partition coefficient (Wildman–Crippen LogP) is 4.20. The average Bonchev–Trinajstić information content (AvgIpc) is 2.34. The Morgan fingerprint density at radius 1 is 1.25 bits per heavy atom. The first-order valence-electron chi connectivity index (χ1n) is 5.66. The Morgan fingerprint density at radius 3 is 2.25 bits per heavy atom. The van der Waals surface area contributed by atoms with Crippen molar-refractivity contribution in [2.45, 2.75) is 25.1 Å². The van der Waals surface area contributed by atoms with Gasteiger partial charge in [0.05, 0.1) is 12.1 Å². The zero-order chi connectivity index (χ0) is 15.6. The molecule has 0 heterocycles. The van der Waals surface area contributed by atoms with Crippen LogP contribution in [0.4, 0.5) is 22.0 Å². The molecule has 1 unspecified atom stereocenters. The monoisotopic (exact) mass is 317 g/mol. The van der Waals surface area contributed by atoms with Crippen LogP contribution in [0.2, 0.25) is 5.02 Å². The van der Waals surface area contributed by atoms with E-state index < -0.39 is 18.1 Å². The second-order valence-electron chi connectivity index (χ2n) is 4.01. The molecule has 20 heavy (non-hydrogen) atoms. The van der Waals surface area contributed by atoms with Crippen LogP contribution in [0, 0.1) is 0 Å². The first-order valence-corrected chi connectivity index (χ1v) is 6.04. The molecule has 0 saturated heterocycles. The van der Waals surface area contributed by atoms with Gasteiger partial charge in [0.25, 0.3) is 0 Å². The van der Waals surface area contributed by atoms with Gasteiger partial charge in [0.1, 0.15) is 11.8 Å². The number of alkyl halides is 5. The second-order valence-corrected chi connectivity index (χ2v) is 4.41. The first kappa shape index (κ1) is 17.0. The van der Waals surface area contributed by atoms with Crippen LogP contribution in [0.15, 0.2) is 18.2 Å². The maximum absolute atomic E-state index is 13.5. The molecular weight excluding hydrogens is 305 g/mol. The van der Waals surface area contributed by atoms with Crippen LogP contribution in [-0.2, 0) is 0 Å². The van der Waals surface area contributed by atoms with Crippen LogP contribution in [0.3, 0.4) is 0 Å². The Balaban J connectivity index is 3.24. The summed E-state index contributed by atoms with van der Waals surface area (Å²) in [6.45, 7) is 1.38. The Morgan fingerprint density at radius 2 is 1.85 bits per heavy atom. The lowest BCUT2D eigenvalue weighted by atomic mass is 9.99. The largest absolute Gasteiger partial charge is 0.495 e. The first-order chi connectivity index (χ1) is 9.15. The number of methoxy groups -OCH3 is 1. The van der Waals surface area contributed by atoms with E-state index in [0.29, 0.717) is 0 Å². The van der Waals surface area contributed by atoms with E-state index >= 15 is 0 Å². The molecule has 0 bridgehead atoms. The highest BCUT2D eigenvalue weighted by Gasteiger charge is 2.62. The summed E-state index contributed by atoms with van der Waals surface area (Å²) in [7, 11) is 1.31. The highest BCUT2D eigenvalue weighted by molar-refractivity contribution is 6.32. The molecule has 0 saturated carbocycles. The highest BCUT2D eigenvalue weighted by atomic mass is 35.5. The van der Waals surface area contributed by atoms with E-state index in [-0.39, 0.29) is 22.9 Å². The van der Waals surface area contributed by atoms with Gasteiger partial charge in [-0.25, -0.2) is 0 Å². The van der Waals surface area contributed by atoms with Gasteiger partial charge in [-0.15, -0.1) is 0 Å². The molecular formula is C12H13ClF5NO. The minimum Gasteiger partial charge on any atom is -0.495 e. The molecule has 1 aromatic carbocycles. The van der Waals surface area contributed by atoms with Crippen molar-refractivity contribution in [3.63, 3.8) is 0 Å². The minimum absolute atomic E-state index is 0.0362. The summed E-state index contributed by atoms with van der Waals surface area (Å²) in [5.41, 5.74) is -0.264. The van der Waals surface area contributed by atoms with Crippen molar-refractivity contribution in [1.82, 2.24) is 5.32 Å². The van der Waals surface area contributed by atoms with Crippen LogP contribution in [-0.4, -0.2) is 25.8 Å². The van der Waals surface area contributed by atoms with Crippen LogP contribution >= 0.6 is 11.6 Å². The molecule has 0 aliphatic rings. The number of halogens is 6. The van der Waals surface area contributed by atoms with E-state index in [4.69, 9.17) is 16.3 Å². The summed E-state index contributed by atoms with van der Waals surface area (Å²) >= 11 is 5.76. The fourth-order valence-electron chi connectivity index (χ4n) is 1.69. The number of benzene rings is 1. The Hall–Kier alpha value is -1.08. The summed E-state index contributed by atoms with van der Waals surface area (Å²) in [6.07, 6.45) is -5.66. The molecule has 0 aliphatic carbocycles. The molecule has 0 spiro atoms. The molecule has 0 aliphatic heterocycles. The third-order valence-electron chi connectivity index (χ3n) is 2.66. The van der Waals surface area contributed by atoms with Gasteiger partial charge in [-0.1, -0.05) is 24.6 Å². The zero-order valence-corrected chi connectivity index (χ0v) is 11.4. The molecule has 8 heteroatoms. The third-order valence-corrected chi connectivity index (χ3v) is 2.95. The normalized spacial score (nSPS) is 14.2. The molecule has 0 radical (unpaired) electrons. The van der Waals surface area contributed by atoms with Gasteiger partial charge in [-0.3, -0.25) is 0 Å². The SMILES string of the molecule is CCNC(c1ccc(OC)c(Cl)c1)C(F)(F)C(F)(F)F. The number of nitrogens with one attached hydrogen (secondary N) is 1. The Bertz CT molecular complexity index is 464. The number of hydrogen-bond donors (Lipinski definition) is 1. The van der Waals surface area contributed by atoms with Crippen molar-refractivity contribution in [3.05, 3.63) is 28.8 Å². The Labute approximate surface area is 117 Å². The summed E-state index contributed by atoms with van der Waals surface area (Å²) in [6, 6.07) is 1.19. The molecule has 1 atom stereocenters. The van der Waals surface area contributed by atoms with Gasteiger partial charge in [0.15, 0.2) is 0 Å². The quantitative estimate of drug-likeness (QED) is 0.822. The van der Waals surface area contributed by atoms with Crippen molar-refractivity contribution >= 4 is 11.6 Å². The lowest BCUT2D eigenvalue weighted by Gasteiger charge is -2.29. The topological polar surface area (TPSA) is 21.3 Å². The van der Waals surface area contributed by atoms with E-state index in [1.807, 2.05) is 0 Å². The zero-order valence-electron chi connectivity index (χ0n) is 10.7. The molecule has 0 fully saturated rings. The molecule has 0 aromatic heterocycles. The predicted molar refractivity (Wildman–Crippen MR) is 65.4 cm³/mol. The van der Waals surface area contributed by atoms with Gasteiger partial charge < -0.3 is 10.1 Å². The van der Waals surface area contributed by atoms with Crippen molar-refractivity contribution in [2.75, 3.05) is 13.7 Å². The number of hydrogen-bond acceptors (Lipinski definition) is 2. The van der Waals surface area contributed by atoms with Gasteiger partial charge in [0.2, 0.25) is 0 Å². The summed E-state index contributed by atoms with van der Waals surface area (Å²) in [4.78, 5) is 0. The van der Waals surface area contributed by atoms with Crippen LogP contribution in [0.5, 0.6) is 5.75 Å². The summed E-state index contributed by atoms with van der Waals surface area (Å²) in [5.74, 6) is -4.72. The van der Waals surface area contributed by atoms with E-state index in [1.165, 1.54) is 20.1 Å². The second kappa shape index (κ2) is 6.13. The van der Waals surface area contributed by atoms with Gasteiger partial charge in [0, 0.05) is 0 Å². The fraction of sp³-hybridized carbons (Fsp3) is 0.500. The molecule has 114 valence electrons. The Kier molecular flexibility index (Phi) is 5.21. The highest BCUT2D eigenvalue weighted by Crippen LogP contribution is 2.45. The fourth-order valence-corrected chi connectivity index (χ4v) is 1.95. The van der Waals surface area contributed by atoms with Gasteiger partial charge in [-0.2, -0.15) is 22.0 Å². The van der Waals surface area contributed by atoms with Crippen LogP contribution < -0.4 is 10.1 Å². The van der Waals surface area contributed by atoms with Gasteiger partial charge >= 0.3 is 12.1 Å². The maximum atomic E-state index is 13.5. The minimum atomic E-state index is -5.66. The van der Waals surface area contributed by atoms with Crippen LogP contribution in [0.25, 0.3) is 0 Å². The lowest BCUT2D eigenvalue weighted by molar-refractivity contribution is -0.294. The van der Waals surface area contributed by atoms with Crippen molar-refractivity contribution < 1.29 is 26.7 Å². The van der Waals surface area contributed by atoms with Crippen LogP contribution in [0.1, 0.15) is 18.5 Å². The third kappa shape index (κ3) is 3.32. The average molecular weight is 318 g/mol. The molecule has 1 aromatic rings. The summed E-state index contributed by atoms with van der Waals surface area (Å²) in [5, 5.41) is 2.10.